The SMILES string of the molecule is Cc1cccc(Nc2ncnc3cnc(NC4CC4)nc23)c1. The molecule has 2 heterocycles. The van der Waals surface area contributed by atoms with Crippen LogP contribution in [0.4, 0.5) is 17.5 Å². The van der Waals surface area contributed by atoms with Crippen molar-refractivity contribution in [1.82, 2.24) is 19.9 Å². The minimum atomic E-state index is 0.510. The number of aryl methyl sites for hydroxylation is 1. The zero-order chi connectivity index (χ0) is 14.9. The van der Waals surface area contributed by atoms with Crippen molar-refractivity contribution in [2.24, 2.45) is 0 Å². The summed E-state index contributed by atoms with van der Waals surface area (Å²) < 4.78 is 0. The summed E-state index contributed by atoms with van der Waals surface area (Å²) in [4.78, 5) is 17.4. The summed E-state index contributed by atoms with van der Waals surface area (Å²) in [5.74, 6) is 1.33. The molecule has 0 aliphatic heterocycles. The molecular formula is C16H16N6. The lowest BCUT2D eigenvalue weighted by Gasteiger charge is -2.09. The van der Waals surface area contributed by atoms with E-state index < -0.39 is 0 Å². The van der Waals surface area contributed by atoms with E-state index >= 15 is 0 Å². The standard InChI is InChI=1S/C16H16N6/c1-10-3-2-4-12(7-10)20-15-14-13(18-9-19-15)8-17-16(22-14)21-11-5-6-11/h2-4,7-9,11H,5-6H2,1H3,(H,17,21,22)(H,18,19,20). The Bertz CT molecular complexity index is 828. The molecule has 4 rings (SSSR count). The van der Waals surface area contributed by atoms with E-state index in [1.54, 1.807) is 6.20 Å². The second-order valence-corrected chi connectivity index (χ2v) is 5.56. The first kappa shape index (κ1) is 12.9. The summed E-state index contributed by atoms with van der Waals surface area (Å²) in [6.07, 6.45) is 5.62. The lowest BCUT2D eigenvalue weighted by molar-refractivity contribution is 1.06. The zero-order valence-electron chi connectivity index (χ0n) is 12.2. The van der Waals surface area contributed by atoms with Gasteiger partial charge in [-0.15, -0.1) is 0 Å². The Morgan fingerprint density at radius 1 is 1.14 bits per heavy atom. The first-order chi connectivity index (χ1) is 10.8. The maximum absolute atomic E-state index is 4.56. The van der Waals surface area contributed by atoms with Crippen LogP contribution in [-0.2, 0) is 0 Å². The van der Waals surface area contributed by atoms with Crippen LogP contribution in [0.3, 0.4) is 0 Å². The van der Waals surface area contributed by atoms with E-state index in [1.807, 2.05) is 12.1 Å². The molecule has 0 bridgehead atoms. The van der Waals surface area contributed by atoms with Gasteiger partial charge in [-0.25, -0.2) is 19.9 Å². The first-order valence-corrected chi connectivity index (χ1v) is 7.36. The van der Waals surface area contributed by atoms with Crippen LogP contribution in [0, 0.1) is 6.92 Å². The minimum absolute atomic E-state index is 0.510. The summed E-state index contributed by atoms with van der Waals surface area (Å²) in [7, 11) is 0. The van der Waals surface area contributed by atoms with Crippen molar-refractivity contribution in [3.05, 3.63) is 42.4 Å². The largest absolute Gasteiger partial charge is 0.351 e. The molecule has 0 amide bonds. The summed E-state index contributed by atoms with van der Waals surface area (Å²) in [5, 5.41) is 6.62. The first-order valence-electron chi connectivity index (χ1n) is 7.36. The summed E-state index contributed by atoms with van der Waals surface area (Å²) >= 11 is 0. The maximum atomic E-state index is 4.56. The van der Waals surface area contributed by atoms with Gasteiger partial charge in [-0.05, 0) is 37.5 Å². The Morgan fingerprint density at radius 3 is 2.86 bits per heavy atom. The van der Waals surface area contributed by atoms with Gasteiger partial charge < -0.3 is 10.6 Å². The highest BCUT2D eigenvalue weighted by Gasteiger charge is 2.22. The van der Waals surface area contributed by atoms with Crippen LogP contribution in [0.5, 0.6) is 0 Å². The lowest BCUT2D eigenvalue weighted by atomic mass is 10.2. The van der Waals surface area contributed by atoms with Crippen LogP contribution in [-0.4, -0.2) is 26.0 Å². The number of hydrogen-bond donors (Lipinski definition) is 2. The molecule has 1 fully saturated rings. The fourth-order valence-corrected chi connectivity index (χ4v) is 2.28. The van der Waals surface area contributed by atoms with Crippen molar-refractivity contribution < 1.29 is 0 Å². The highest BCUT2D eigenvalue weighted by atomic mass is 15.1. The molecule has 110 valence electrons. The molecule has 6 nitrogen and oxygen atoms in total. The molecule has 6 heteroatoms. The molecule has 1 aliphatic carbocycles. The predicted molar refractivity (Wildman–Crippen MR) is 86.2 cm³/mol. The monoisotopic (exact) mass is 292 g/mol. The topological polar surface area (TPSA) is 75.6 Å². The van der Waals surface area contributed by atoms with E-state index in [0.717, 1.165) is 16.7 Å². The Kier molecular flexibility index (Phi) is 3.07. The van der Waals surface area contributed by atoms with Crippen molar-refractivity contribution in [2.45, 2.75) is 25.8 Å². The van der Waals surface area contributed by atoms with Crippen molar-refractivity contribution in [3.8, 4) is 0 Å². The summed E-state index contributed by atoms with van der Waals surface area (Å²) in [5.41, 5.74) is 3.62. The van der Waals surface area contributed by atoms with Crippen LogP contribution in [0.15, 0.2) is 36.8 Å². The second-order valence-electron chi connectivity index (χ2n) is 5.56. The number of aromatic nitrogens is 4. The predicted octanol–water partition coefficient (Wildman–Crippen LogP) is 3.05. The van der Waals surface area contributed by atoms with Crippen molar-refractivity contribution in [2.75, 3.05) is 10.6 Å². The van der Waals surface area contributed by atoms with Crippen molar-refractivity contribution in [1.29, 1.82) is 0 Å². The smallest absolute Gasteiger partial charge is 0.223 e. The van der Waals surface area contributed by atoms with Crippen molar-refractivity contribution in [3.63, 3.8) is 0 Å². The van der Waals surface area contributed by atoms with E-state index in [0.29, 0.717) is 17.8 Å². The third-order valence-electron chi connectivity index (χ3n) is 3.57. The van der Waals surface area contributed by atoms with Crippen LogP contribution < -0.4 is 10.6 Å². The molecule has 2 aromatic heterocycles. The van der Waals surface area contributed by atoms with Gasteiger partial charge in [0, 0.05) is 11.7 Å². The third-order valence-corrected chi connectivity index (χ3v) is 3.57. The molecule has 0 atom stereocenters. The molecule has 0 radical (unpaired) electrons. The number of hydrogen-bond acceptors (Lipinski definition) is 6. The summed E-state index contributed by atoms with van der Waals surface area (Å²) in [6, 6.07) is 8.65. The number of nitrogens with zero attached hydrogens (tertiary/aromatic N) is 4. The van der Waals surface area contributed by atoms with Gasteiger partial charge in [0.05, 0.1) is 6.20 Å². The average Bonchev–Trinajstić information content (AvgIpc) is 3.32. The van der Waals surface area contributed by atoms with E-state index in [-0.39, 0.29) is 0 Å². The van der Waals surface area contributed by atoms with E-state index in [9.17, 15) is 0 Å². The number of rotatable bonds is 4. The molecule has 1 aliphatic rings. The molecule has 0 unspecified atom stereocenters. The van der Waals surface area contributed by atoms with Gasteiger partial charge in [0.1, 0.15) is 17.4 Å². The van der Waals surface area contributed by atoms with E-state index in [1.165, 1.54) is 24.7 Å². The molecule has 1 saturated carbocycles. The number of nitrogens with one attached hydrogen (secondary N) is 2. The van der Waals surface area contributed by atoms with Crippen LogP contribution in [0.25, 0.3) is 11.0 Å². The van der Waals surface area contributed by atoms with E-state index in [4.69, 9.17) is 0 Å². The van der Waals surface area contributed by atoms with Gasteiger partial charge >= 0.3 is 0 Å². The fourth-order valence-electron chi connectivity index (χ4n) is 2.28. The Hall–Kier alpha value is -2.76. The van der Waals surface area contributed by atoms with Gasteiger partial charge in [0.2, 0.25) is 5.95 Å². The summed E-state index contributed by atoms with van der Waals surface area (Å²) in [6.45, 7) is 2.06. The van der Waals surface area contributed by atoms with Gasteiger partial charge in [-0.1, -0.05) is 12.1 Å². The van der Waals surface area contributed by atoms with Crippen LogP contribution >= 0.6 is 0 Å². The van der Waals surface area contributed by atoms with E-state index in [2.05, 4.69) is 49.6 Å². The van der Waals surface area contributed by atoms with Crippen LogP contribution in [0.2, 0.25) is 0 Å². The molecule has 0 spiro atoms. The van der Waals surface area contributed by atoms with Crippen LogP contribution in [0.1, 0.15) is 18.4 Å². The van der Waals surface area contributed by atoms with Crippen molar-refractivity contribution >= 4 is 28.5 Å². The van der Waals surface area contributed by atoms with Gasteiger partial charge in [-0.3, -0.25) is 0 Å². The third kappa shape index (κ3) is 2.67. The maximum Gasteiger partial charge on any atom is 0.223 e. The Labute approximate surface area is 128 Å². The minimum Gasteiger partial charge on any atom is -0.351 e. The molecule has 3 aromatic rings. The molecule has 1 aromatic carbocycles. The van der Waals surface area contributed by atoms with Gasteiger partial charge in [-0.2, -0.15) is 0 Å². The normalized spacial score (nSPS) is 14.0. The highest BCUT2D eigenvalue weighted by molar-refractivity contribution is 5.87. The number of benzene rings is 1. The second kappa shape index (κ2) is 5.22. The number of fused-ring (bicyclic) bond motifs is 1. The molecule has 2 N–H and O–H groups in total. The van der Waals surface area contributed by atoms with Gasteiger partial charge in [0.15, 0.2) is 5.82 Å². The zero-order valence-corrected chi connectivity index (χ0v) is 12.2. The quantitative estimate of drug-likeness (QED) is 0.769. The molecule has 22 heavy (non-hydrogen) atoms. The highest BCUT2D eigenvalue weighted by Crippen LogP contribution is 2.25. The molecular weight excluding hydrogens is 276 g/mol. The lowest BCUT2D eigenvalue weighted by Crippen LogP contribution is -2.06. The number of anilines is 3. The molecule has 0 saturated heterocycles. The Balaban J connectivity index is 1.72. The fraction of sp³-hybridized carbons (Fsp3) is 0.250. The Morgan fingerprint density at radius 2 is 2.05 bits per heavy atom. The average molecular weight is 292 g/mol. The van der Waals surface area contributed by atoms with Gasteiger partial charge in [0.25, 0.3) is 0 Å².